The monoisotopic (exact) mass is 141 g/mol. The zero-order chi connectivity index (χ0) is 6.57. The van der Waals surface area contributed by atoms with Crippen molar-refractivity contribution in [1.29, 1.82) is 0 Å². The van der Waals surface area contributed by atoms with Crippen molar-refractivity contribution in [3.63, 3.8) is 0 Å². The summed E-state index contributed by atoms with van der Waals surface area (Å²) in [6.45, 7) is -0.247. The number of hydrogen-bond donors (Lipinski definition) is 3. The minimum Gasteiger partial charge on any atom is -0.390 e. The minimum absolute atomic E-state index is 0.00236. The van der Waals surface area contributed by atoms with E-state index in [4.69, 9.17) is 27.1 Å². The van der Waals surface area contributed by atoms with Gasteiger partial charge < -0.3 is 5.11 Å². The van der Waals surface area contributed by atoms with E-state index < -0.39 is 6.10 Å². The van der Waals surface area contributed by atoms with E-state index in [1.807, 2.05) is 0 Å². The Morgan fingerprint density at radius 2 is 2.00 bits per heavy atom. The molecule has 50 valence electrons. The van der Waals surface area contributed by atoms with E-state index in [9.17, 15) is 0 Å². The number of hydrogen-bond acceptors (Lipinski definition) is 4. The average molecular weight is 142 g/mol. The molecular weight excluding hydrogens is 133 g/mol. The second kappa shape index (κ2) is 4.05. The normalized spacial score (nSPS) is 14.6. The molecule has 0 radical (unpaired) electrons. The Kier molecular flexibility index (Phi) is 4.12. The van der Waals surface area contributed by atoms with Crippen LogP contribution in [0.2, 0.25) is 0 Å². The summed E-state index contributed by atoms with van der Waals surface area (Å²) in [6, 6.07) is 0. The van der Waals surface area contributed by atoms with Gasteiger partial charge in [0.1, 0.15) is 0 Å². The summed E-state index contributed by atoms with van der Waals surface area (Å²) in [4.78, 5) is 0. The summed E-state index contributed by atoms with van der Waals surface area (Å²) in [5.41, 5.74) is 0. The van der Waals surface area contributed by atoms with Crippen LogP contribution in [0.4, 0.5) is 0 Å². The van der Waals surface area contributed by atoms with Gasteiger partial charge in [0.2, 0.25) is 0 Å². The fraction of sp³-hybridized carbons (Fsp3) is 1.00. The number of nitrogens with zero attached hydrogens (tertiary/aromatic N) is 1. The average Bonchev–Trinajstić information content (AvgIpc) is 1.65. The highest BCUT2D eigenvalue weighted by atomic mass is 35.5. The first-order valence-corrected chi connectivity index (χ1v) is 2.59. The second-order valence-electron chi connectivity index (χ2n) is 1.36. The Morgan fingerprint density at radius 3 is 2.12 bits per heavy atom. The lowest BCUT2D eigenvalue weighted by Gasteiger charge is -2.08. The largest absolute Gasteiger partial charge is 0.390 e. The van der Waals surface area contributed by atoms with Crippen molar-refractivity contribution in [2.45, 2.75) is 6.10 Å². The molecule has 0 amide bonds. The highest BCUT2D eigenvalue weighted by Crippen LogP contribution is 1.87. The van der Waals surface area contributed by atoms with E-state index in [-0.39, 0.29) is 17.7 Å². The molecule has 0 aliphatic heterocycles. The van der Waals surface area contributed by atoms with Gasteiger partial charge in [-0.3, -0.25) is 10.4 Å². The minimum atomic E-state index is -0.883. The molecule has 1 unspecified atom stereocenters. The molecule has 0 spiro atoms. The van der Waals surface area contributed by atoms with Crippen molar-refractivity contribution in [2.75, 3.05) is 12.4 Å². The van der Waals surface area contributed by atoms with Gasteiger partial charge >= 0.3 is 0 Å². The topological polar surface area (TPSA) is 63.9 Å². The number of hydroxylamine groups is 2. The van der Waals surface area contributed by atoms with Gasteiger partial charge in [-0.15, -0.1) is 11.6 Å². The molecule has 0 saturated heterocycles. The molecule has 8 heavy (non-hydrogen) atoms. The summed E-state index contributed by atoms with van der Waals surface area (Å²) >= 11 is 5.10. The number of halogens is 1. The predicted octanol–water partition coefficient (Wildman–Crippen LogP) is -0.334. The van der Waals surface area contributed by atoms with Crippen molar-refractivity contribution in [1.82, 2.24) is 5.23 Å². The van der Waals surface area contributed by atoms with Gasteiger partial charge in [-0.2, -0.15) is 0 Å². The first-order chi connectivity index (χ1) is 3.66. The lowest BCUT2D eigenvalue weighted by atomic mass is 10.4. The molecule has 0 rings (SSSR count). The van der Waals surface area contributed by atoms with E-state index in [1.165, 1.54) is 0 Å². The molecule has 1 atom stereocenters. The Morgan fingerprint density at radius 1 is 1.50 bits per heavy atom. The van der Waals surface area contributed by atoms with Crippen LogP contribution in [0.25, 0.3) is 0 Å². The third-order valence-corrected chi connectivity index (χ3v) is 0.908. The van der Waals surface area contributed by atoms with E-state index in [0.29, 0.717) is 0 Å². The van der Waals surface area contributed by atoms with Crippen molar-refractivity contribution >= 4 is 11.6 Å². The Balaban J connectivity index is 3.10. The summed E-state index contributed by atoms with van der Waals surface area (Å²) in [6.07, 6.45) is -0.883. The quantitative estimate of drug-likeness (QED) is 0.372. The predicted molar refractivity (Wildman–Crippen MR) is 27.0 cm³/mol. The van der Waals surface area contributed by atoms with Gasteiger partial charge in [0.25, 0.3) is 0 Å². The Hall–Kier alpha value is 0.130. The van der Waals surface area contributed by atoms with Crippen LogP contribution < -0.4 is 0 Å². The third kappa shape index (κ3) is 4.29. The van der Waals surface area contributed by atoms with Crippen LogP contribution in [-0.4, -0.2) is 39.3 Å². The van der Waals surface area contributed by atoms with Crippen LogP contribution in [0.1, 0.15) is 0 Å². The molecule has 3 N–H and O–H groups in total. The van der Waals surface area contributed by atoms with E-state index in [0.717, 1.165) is 0 Å². The fourth-order valence-electron chi connectivity index (χ4n) is 0.237. The fourth-order valence-corrected chi connectivity index (χ4v) is 0.335. The van der Waals surface area contributed by atoms with Gasteiger partial charge in [0.05, 0.1) is 12.6 Å². The van der Waals surface area contributed by atoms with E-state index in [2.05, 4.69) is 0 Å². The maximum absolute atomic E-state index is 8.53. The highest BCUT2D eigenvalue weighted by molar-refractivity contribution is 6.18. The Bertz CT molecular complexity index is 60.5. The molecule has 0 heterocycles. The molecule has 0 bridgehead atoms. The van der Waals surface area contributed by atoms with Crippen molar-refractivity contribution in [2.24, 2.45) is 0 Å². The number of alkyl halides is 1. The lowest BCUT2D eigenvalue weighted by molar-refractivity contribution is -0.314. The number of aliphatic hydroxyl groups excluding tert-OH is 1. The van der Waals surface area contributed by atoms with Crippen LogP contribution in [0.15, 0.2) is 0 Å². The SMILES string of the molecule is OC(CCl)CN(O)O. The van der Waals surface area contributed by atoms with Gasteiger partial charge in [0, 0.05) is 5.88 Å². The molecule has 0 aromatic heterocycles. The van der Waals surface area contributed by atoms with Gasteiger partial charge in [-0.1, -0.05) is 5.23 Å². The number of aliphatic hydroxyl groups is 1. The maximum atomic E-state index is 8.53. The molecule has 0 aromatic rings. The van der Waals surface area contributed by atoms with Gasteiger partial charge in [0.15, 0.2) is 0 Å². The summed E-state index contributed by atoms with van der Waals surface area (Å²) < 4.78 is 0. The molecular formula is C3H8ClNO3. The standard InChI is InChI=1S/C3H8ClNO3/c4-1-3(6)2-5(7)8/h3,6-8H,1-2H2. The number of rotatable bonds is 3. The lowest BCUT2D eigenvalue weighted by Crippen LogP contribution is -2.27. The van der Waals surface area contributed by atoms with E-state index >= 15 is 0 Å². The molecule has 4 nitrogen and oxygen atoms in total. The van der Waals surface area contributed by atoms with Crippen molar-refractivity contribution in [3.05, 3.63) is 0 Å². The van der Waals surface area contributed by atoms with Crippen LogP contribution in [0.5, 0.6) is 0 Å². The summed E-state index contributed by atoms with van der Waals surface area (Å²) in [5.74, 6) is -0.00236. The van der Waals surface area contributed by atoms with Gasteiger partial charge in [-0.25, -0.2) is 0 Å². The second-order valence-corrected chi connectivity index (χ2v) is 1.67. The first-order valence-electron chi connectivity index (χ1n) is 2.06. The third-order valence-electron chi connectivity index (χ3n) is 0.552. The molecule has 0 aromatic carbocycles. The Labute approximate surface area is 51.8 Å². The van der Waals surface area contributed by atoms with Crippen molar-refractivity contribution in [3.8, 4) is 0 Å². The zero-order valence-corrected chi connectivity index (χ0v) is 4.91. The summed E-state index contributed by atoms with van der Waals surface area (Å²) in [5, 5.41) is 24.5. The highest BCUT2D eigenvalue weighted by Gasteiger charge is 2.03. The molecule has 0 saturated carbocycles. The molecule has 0 aliphatic carbocycles. The molecule has 0 fully saturated rings. The molecule has 0 aliphatic rings. The first kappa shape index (κ1) is 8.13. The zero-order valence-electron chi connectivity index (χ0n) is 4.16. The van der Waals surface area contributed by atoms with Crippen LogP contribution >= 0.6 is 11.6 Å². The van der Waals surface area contributed by atoms with Crippen LogP contribution in [-0.2, 0) is 0 Å². The van der Waals surface area contributed by atoms with Gasteiger partial charge in [-0.05, 0) is 0 Å². The van der Waals surface area contributed by atoms with E-state index in [1.54, 1.807) is 0 Å². The smallest absolute Gasteiger partial charge is 0.0850 e. The van der Waals surface area contributed by atoms with Crippen LogP contribution in [0, 0.1) is 0 Å². The van der Waals surface area contributed by atoms with Crippen molar-refractivity contribution < 1.29 is 15.5 Å². The summed E-state index contributed by atoms with van der Waals surface area (Å²) in [7, 11) is 0. The van der Waals surface area contributed by atoms with Crippen LogP contribution in [0.3, 0.4) is 0 Å². The maximum Gasteiger partial charge on any atom is 0.0850 e. The molecule has 5 heteroatoms.